The number of nitrogens with one attached hydrogen (secondary N) is 1. The van der Waals surface area contributed by atoms with Crippen molar-refractivity contribution in [2.24, 2.45) is 11.7 Å². The topological polar surface area (TPSA) is 75.3 Å². The first-order chi connectivity index (χ1) is 7.50. The van der Waals surface area contributed by atoms with Gasteiger partial charge in [-0.15, -0.1) is 0 Å². The van der Waals surface area contributed by atoms with Gasteiger partial charge in [-0.05, 0) is 39.0 Å². The van der Waals surface area contributed by atoms with Gasteiger partial charge in [0.05, 0.1) is 0 Å². The molecule has 1 fully saturated rings. The number of aliphatic hydroxyl groups is 1. The maximum atomic E-state index is 12.0. The molecule has 16 heavy (non-hydrogen) atoms. The fourth-order valence-electron chi connectivity index (χ4n) is 2.23. The van der Waals surface area contributed by atoms with Gasteiger partial charge in [0.25, 0.3) is 0 Å². The van der Waals surface area contributed by atoms with E-state index in [9.17, 15) is 4.79 Å². The monoisotopic (exact) mass is 228 g/mol. The van der Waals surface area contributed by atoms with Gasteiger partial charge < -0.3 is 16.2 Å². The first-order valence-electron chi connectivity index (χ1n) is 6.19. The summed E-state index contributed by atoms with van der Waals surface area (Å²) >= 11 is 0. The van der Waals surface area contributed by atoms with Crippen LogP contribution in [0.2, 0.25) is 0 Å². The van der Waals surface area contributed by atoms with Crippen molar-refractivity contribution in [2.75, 3.05) is 6.61 Å². The molecule has 0 aromatic rings. The number of rotatable bonds is 5. The standard InChI is InChI=1S/C12H24N2O2/c1-3-12(2,6-7-15)14-11(16)9-4-5-10(13)8-9/h9-10,15H,3-8,13H2,1-2H3,(H,14,16). The molecule has 0 saturated heterocycles. The van der Waals surface area contributed by atoms with E-state index in [0.717, 1.165) is 25.7 Å². The van der Waals surface area contributed by atoms with E-state index in [1.54, 1.807) is 0 Å². The van der Waals surface area contributed by atoms with E-state index < -0.39 is 0 Å². The van der Waals surface area contributed by atoms with E-state index in [-0.39, 0.29) is 30.0 Å². The molecule has 0 radical (unpaired) electrons. The van der Waals surface area contributed by atoms with Crippen LogP contribution in [0.3, 0.4) is 0 Å². The Morgan fingerprint density at radius 1 is 1.56 bits per heavy atom. The van der Waals surface area contributed by atoms with Crippen LogP contribution >= 0.6 is 0 Å². The summed E-state index contributed by atoms with van der Waals surface area (Å²) in [5.74, 6) is 0.172. The van der Waals surface area contributed by atoms with Gasteiger partial charge in [0.15, 0.2) is 0 Å². The molecule has 4 heteroatoms. The van der Waals surface area contributed by atoms with E-state index in [1.165, 1.54) is 0 Å². The molecular formula is C12H24N2O2. The van der Waals surface area contributed by atoms with Gasteiger partial charge in [-0.25, -0.2) is 0 Å². The molecule has 4 N–H and O–H groups in total. The average molecular weight is 228 g/mol. The highest BCUT2D eigenvalue weighted by molar-refractivity contribution is 5.79. The van der Waals surface area contributed by atoms with Gasteiger partial charge in [-0.1, -0.05) is 6.92 Å². The molecule has 0 aromatic heterocycles. The zero-order valence-electron chi connectivity index (χ0n) is 10.3. The second-order valence-corrected chi connectivity index (χ2v) is 5.15. The van der Waals surface area contributed by atoms with Gasteiger partial charge in [-0.3, -0.25) is 4.79 Å². The van der Waals surface area contributed by atoms with Crippen molar-refractivity contribution < 1.29 is 9.90 Å². The zero-order chi connectivity index (χ0) is 12.2. The highest BCUT2D eigenvalue weighted by atomic mass is 16.3. The summed E-state index contributed by atoms with van der Waals surface area (Å²) in [6, 6.07) is 0.182. The maximum absolute atomic E-state index is 12.0. The number of carbonyl (C=O) groups is 1. The van der Waals surface area contributed by atoms with Crippen molar-refractivity contribution in [1.29, 1.82) is 0 Å². The van der Waals surface area contributed by atoms with E-state index in [4.69, 9.17) is 10.8 Å². The Labute approximate surface area is 97.6 Å². The van der Waals surface area contributed by atoms with Crippen LogP contribution in [0.4, 0.5) is 0 Å². The van der Waals surface area contributed by atoms with Crippen LogP contribution in [0.5, 0.6) is 0 Å². The summed E-state index contributed by atoms with van der Waals surface area (Å²) in [5, 5.41) is 12.0. The van der Waals surface area contributed by atoms with E-state index in [0.29, 0.717) is 6.42 Å². The van der Waals surface area contributed by atoms with Crippen molar-refractivity contribution in [2.45, 2.75) is 57.5 Å². The Morgan fingerprint density at radius 2 is 2.25 bits per heavy atom. The largest absolute Gasteiger partial charge is 0.396 e. The summed E-state index contributed by atoms with van der Waals surface area (Å²) in [7, 11) is 0. The quantitative estimate of drug-likeness (QED) is 0.651. The van der Waals surface area contributed by atoms with Crippen LogP contribution in [0.25, 0.3) is 0 Å². The molecule has 1 saturated carbocycles. The number of carbonyl (C=O) groups excluding carboxylic acids is 1. The predicted octanol–water partition coefficient (Wildman–Crippen LogP) is 0.781. The zero-order valence-corrected chi connectivity index (χ0v) is 10.3. The summed E-state index contributed by atoms with van der Waals surface area (Å²) in [5.41, 5.74) is 5.52. The van der Waals surface area contributed by atoms with Crippen molar-refractivity contribution in [3.05, 3.63) is 0 Å². The smallest absolute Gasteiger partial charge is 0.223 e. The maximum Gasteiger partial charge on any atom is 0.223 e. The van der Waals surface area contributed by atoms with Gasteiger partial charge >= 0.3 is 0 Å². The normalized spacial score (nSPS) is 28.8. The van der Waals surface area contributed by atoms with Crippen LogP contribution in [0, 0.1) is 5.92 Å². The molecule has 0 bridgehead atoms. The van der Waals surface area contributed by atoms with Gasteiger partial charge in [0.2, 0.25) is 5.91 Å². The molecule has 0 aromatic carbocycles. The summed E-state index contributed by atoms with van der Waals surface area (Å²) < 4.78 is 0. The molecule has 1 rings (SSSR count). The molecule has 1 aliphatic carbocycles. The molecule has 1 amide bonds. The second-order valence-electron chi connectivity index (χ2n) is 5.15. The Kier molecular flexibility index (Phi) is 4.74. The third-order valence-electron chi connectivity index (χ3n) is 3.71. The van der Waals surface area contributed by atoms with Crippen LogP contribution in [-0.2, 0) is 4.79 Å². The Hall–Kier alpha value is -0.610. The highest BCUT2D eigenvalue weighted by Gasteiger charge is 2.31. The lowest BCUT2D eigenvalue weighted by Crippen LogP contribution is -2.48. The summed E-state index contributed by atoms with van der Waals surface area (Å²) in [6.07, 6.45) is 4.07. The Morgan fingerprint density at radius 3 is 2.69 bits per heavy atom. The SMILES string of the molecule is CCC(C)(CCO)NC(=O)C1CCC(N)C1. The Balaban J connectivity index is 2.48. The first-order valence-corrected chi connectivity index (χ1v) is 6.19. The summed E-state index contributed by atoms with van der Waals surface area (Å²) in [6.45, 7) is 4.11. The molecule has 94 valence electrons. The predicted molar refractivity (Wildman–Crippen MR) is 63.9 cm³/mol. The fourth-order valence-corrected chi connectivity index (χ4v) is 2.23. The lowest BCUT2D eigenvalue weighted by Gasteiger charge is -2.30. The minimum atomic E-state index is -0.279. The molecule has 0 heterocycles. The van der Waals surface area contributed by atoms with Crippen LogP contribution < -0.4 is 11.1 Å². The van der Waals surface area contributed by atoms with E-state index in [2.05, 4.69) is 5.32 Å². The minimum absolute atomic E-state index is 0.0690. The van der Waals surface area contributed by atoms with Crippen LogP contribution in [-0.4, -0.2) is 29.2 Å². The third kappa shape index (κ3) is 3.46. The van der Waals surface area contributed by atoms with Gasteiger partial charge in [0, 0.05) is 24.1 Å². The lowest BCUT2D eigenvalue weighted by atomic mass is 9.93. The van der Waals surface area contributed by atoms with Crippen molar-refractivity contribution in [3.8, 4) is 0 Å². The molecule has 0 aliphatic heterocycles. The highest BCUT2D eigenvalue weighted by Crippen LogP contribution is 2.25. The molecular weight excluding hydrogens is 204 g/mol. The number of nitrogens with two attached hydrogens (primary N) is 1. The molecule has 4 nitrogen and oxygen atoms in total. The third-order valence-corrected chi connectivity index (χ3v) is 3.71. The number of hydrogen-bond acceptors (Lipinski definition) is 3. The minimum Gasteiger partial charge on any atom is -0.396 e. The number of hydrogen-bond donors (Lipinski definition) is 3. The number of aliphatic hydroxyl groups excluding tert-OH is 1. The first kappa shape index (κ1) is 13.5. The molecule has 1 aliphatic rings. The van der Waals surface area contributed by atoms with Gasteiger partial charge in [-0.2, -0.15) is 0 Å². The van der Waals surface area contributed by atoms with Crippen molar-refractivity contribution in [1.82, 2.24) is 5.32 Å². The average Bonchev–Trinajstić information content (AvgIpc) is 2.65. The van der Waals surface area contributed by atoms with Gasteiger partial charge in [0.1, 0.15) is 0 Å². The Bertz CT molecular complexity index is 245. The van der Waals surface area contributed by atoms with Crippen LogP contribution in [0.15, 0.2) is 0 Å². The van der Waals surface area contributed by atoms with Crippen molar-refractivity contribution >= 4 is 5.91 Å². The molecule has 3 atom stereocenters. The van der Waals surface area contributed by atoms with Crippen molar-refractivity contribution in [3.63, 3.8) is 0 Å². The van der Waals surface area contributed by atoms with E-state index in [1.807, 2.05) is 13.8 Å². The fraction of sp³-hybridized carbons (Fsp3) is 0.917. The second kappa shape index (κ2) is 5.64. The molecule has 0 spiro atoms. The van der Waals surface area contributed by atoms with E-state index >= 15 is 0 Å². The lowest BCUT2D eigenvalue weighted by molar-refractivity contribution is -0.126. The molecule has 3 unspecified atom stereocenters. The van der Waals surface area contributed by atoms with Crippen LogP contribution in [0.1, 0.15) is 46.0 Å². The number of amides is 1. The summed E-state index contributed by atoms with van der Waals surface area (Å²) in [4.78, 5) is 12.0.